The maximum atomic E-state index is 13.7. The van der Waals surface area contributed by atoms with E-state index in [9.17, 15) is 12.8 Å². The molecule has 0 heterocycles. The van der Waals surface area contributed by atoms with Crippen LogP contribution < -0.4 is 4.72 Å². The third kappa shape index (κ3) is 3.25. The van der Waals surface area contributed by atoms with E-state index in [4.69, 9.17) is 23.2 Å². The van der Waals surface area contributed by atoms with Crippen LogP contribution in [0, 0.1) is 5.82 Å². The molecule has 0 amide bonds. The summed E-state index contributed by atoms with van der Waals surface area (Å²) in [7, 11) is -4.12. The molecule has 0 atom stereocenters. The predicted molar refractivity (Wildman–Crippen MR) is 81.4 cm³/mol. The van der Waals surface area contributed by atoms with Crippen molar-refractivity contribution < 1.29 is 12.8 Å². The molecule has 0 aliphatic carbocycles. The lowest BCUT2D eigenvalue weighted by Crippen LogP contribution is -2.15. The molecule has 8 heteroatoms. The standard InChI is InChI=1S/C12H7BrCl2FNO2S/c13-7-4-5-11(10(16)6-7)20(18,19)17-12-8(14)2-1-3-9(12)15/h1-6,17H. The molecule has 2 rings (SSSR count). The predicted octanol–water partition coefficient (Wildman–Crippen LogP) is 4.70. The molecule has 2 aromatic carbocycles. The van der Waals surface area contributed by atoms with Crippen LogP contribution >= 0.6 is 39.1 Å². The van der Waals surface area contributed by atoms with E-state index in [0.717, 1.165) is 12.1 Å². The molecular weight excluding hydrogens is 392 g/mol. The average molecular weight is 399 g/mol. The van der Waals surface area contributed by atoms with Crippen molar-refractivity contribution in [2.45, 2.75) is 4.90 Å². The van der Waals surface area contributed by atoms with Crippen LogP contribution in [0.1, 0.15) is 0 Å². The molecular formula is C12H7BrCl2FNO2S. The zero-order valence-corrected chi connectivity index (χ0v) is 13.6. The Balaban J connectivity index is 2.46. The molecule has 0 saturated heterocycles. The number of sulfonamides is 1. The Morgan fingerprint density at radius 1 is 1.10 bits per heavy atom. The lowest BCUT2D eigenvalue weighted by atomic mass is 10.3. The number of nitrogens with one attached hydrogen (secondary N) is 1. The van der Waals surface area contributed by atoms with Gasteiger partial charge in [-0.2, -0.15) is 0 Å². The van der Waals surface area contributed by atoms with Gasteiger partial charge in [0.15, 0.2) is 0 Å². The monoisotopic (exact) mass is 397 g/mol. The molecule has 2 aromatic rings. The van der Waals surface area contributed by atoms with Gasteiger partial charge in [0.05, 0.1) is 15.7 Å². The Morgan fingerprint density at radius 2 is 1.70 bits per heavy atom. The van der Waals surface area contributed by atoms with E-state index in [0.29, 0.717) is 4.47 Å². The topological polar surface area (TPSA) is 46.2 Å². The van der Waals surface area contributed by atoms with Crippen LogP contribution in [0.4, 0.5) is 10.1 Å². The van der Waals surface area contributed by atoms with Gasteiger partial charge in [0.25, 0.3) is 10.0 Å². The zero-order valence-electron chi connectivity index (χ0n) is 9.70. The van der Waals surface area contributed by atoms with Gasteiger partial charge in [-0.15, -0.1) is 0 Å². The van der Waals surface area contributed by atoms with Crippen LogP contribution in [0.15, 0.2) is 45.8 Å². The van der Waals surface area contributed by atoms with Crippen molar-refractivity contribution in [1.82, 2.24) is 0 Å². The fourth-order valence-corrected chi connectivity index (χ4v) is 3.58. The molecule has 0 saturated carbocycles. The number of hydrogen-bond acceptors (Lipinski definition) is 2. The number of hydrogen-bond donors (Lipinski definition) is 1. The molecule has 20 heavy (non-hydrogen) atoms. The number of halogens is 4. The van der Waals surface area contributed by atoms with E-state index in [2.05, 4.69) is 20.7 Å². The van der Waals surface area contributed by atoms with E-state index >= 15 is 0 Å². The van der Waals surface area contributed by atoms with Crippen molar-refractivity contribution in [2.75, 3.05) is 4.72 Å². The van der Waals surface area contributed by atoms with Gasteiger partial charge in [0, 0.05) is 4.47 Å². The molecule has 0 bridgehead atoms. The molecule has 1 N–H and O–H groups in total. The highest BCUT2D eigenvalue weighted by atomic mass is 79.9. The SMILES string of the molecule is O=S(=O)(Nc1c(Cl)cccc1Cl)c1ccc(Br)cc1F. The van der Waals surface area contributed by atoms with Gasteiger partial charge in [-0.25, -0.2) is 12.8 Å². The Kier molecular flexibility index (Phi) is 4.59. The van der Waals surface area contributed by atoms with Crippen molar-refractivity contribution in [3.05, 3.63) is 56.7 Å². The van der Waals surface area contributed by atoms with Crippen molar-refractivity contribution >= 4 is 54.8 Å². The molecule has 0 unspecified atom stereocenters. The Bertz CT molecular complexity index is 748. The highest BCUT2D eigenvalue weighted by molar-refractivity contribution is 9.10. The Labute approximate surface area is 133 Å². The van der Waals surface area contributed by atoms with Gasteiger partial charge < -0.3 is 0 Å². The normalized spacial score (nSPS) is 11.4. The maximum Gasteiger partial charge on any atom is 0.264 e. The molecule has 0 aliphatic heterocycles. The Hall–Kier alpha value is -0.820. The first kappa shape index (κ1) is 15.6. The van der Waals surface area contributed by atoms with E-state index < -0.39 is 20.7 Å². The maximum absolute atomic E-state index is 13.7. The van der Waals surface area contributed by atoms with E-state index in [-0.39, 0.29) is 15.7 Å². The number of rotatable bonds is 3. The highest BCUT2D eigenvalue weighted by Gasteiger charge is 2.21. The Morgan fingerprint density at radius 3 is 2.25 bits per heavy atom. The lowest BCUT2D eigenvalue weighted by molar-refractivity contribution is 0.570. The summed E-state index contributed by atoms with van der Waals surface area (Å²) in [5.41, 5.74) is 0.0122. The van der Waals surface area contributed by atoms with E-state index in [1.54, 1.807) is 6.07 Å². The second-order valence-corrected chi connectivity index (χ2v) is 7.16. The molecule has 0 aromatic heterocycles. The van der Waals surface area contributed by atoms with Crippen molar-refractivity contribution in [3.8, 4) is 0 Å². The number of para-hydroxylation sites is 1. The summed E-state index contributed by atoms with van der Waals surface area (Å²) < 4.78 is 40.7. The van der Waals surface area contributed by atoms with E-state index in [1.165, 1.54) is 18.2 Å². The minimum atomic E-state index is -4.12. The minimum absolute atomic E-state index is 0.0122. The summed E-state index contributed by atoms with van der Waals surface area (Å²) >= 11 is 14.8. The van der Waals surface area contributed by atoms with Gasteiger partial charge in [-0.3, -0.25) is 4.72 Å². The van der Waals surface area contributed by atoms with Crippen LogP contribution in [0.2, 0.25) is 10.0 Å². The highest BCUT2D eigenvalue weighted by Crippen LogP contribution is 2.32. The van der Waals surface area contributed by atoms with Crippen molar-refractivity contribution in [1.29, 1.82) is 0 Å². The second-order valence-electron chi connectivity index (χ2n) is 3.78. The van der Waals surface area contributed by atoms with Gasteiger partial charge in [-0.05, 0) is 30.3 Å². The fourth-order valence-electron chi connectivity index (χ4n) is 1.48. The summed E-state index contributed by atoms with van der Waals surface area (Å²) in [6.45, 7) is 0. The van der Waals surface area contributed by atoms with Crippen molar-refractivity contribution in [2.24, 2.45) is 0 Å². The van der Waals surface area contributed by atoms with Crippen LogP contribution in [0.3, 0.4) is 0 Å². The second kappa shape index (κ2) is 5.89. The lowest BCUT2D eigenvalue weighted by Gasteiger charge is -2.11. The summed E-state index contributed by atoms with van der Waals surface area (Å²) in [5, 5.41) is 0.247. The van der Waals surface area contributed by atoms with Crippen LogP contribution in [0.5, 0.6) is 0 Å². The van der Waals surface area contributed by atoms with Crippen LogP contribution in [0.25, 0.3) is 0 Å². The summed E-state index contributed by atoms with van der Waals surface area (Å²) in [4.78, 5) is -0.489. The van der Waals surface area contributed by atoms with Gasteiger partial charge in [-0.1, -0.05) is 45.2 Å². The smallest absolute Gasteiger partial charge is 0.264 e. The van der Waals surface area contributed by atoms with Gasteiger partial charge >= 0.3 is 0 Å². The fraction of sp³-hybridized carbons (Fsp3) is 0. The zero-order chi connectivity index (χ0) is 14.9. The number of benzene rings is 2. The summed E-state index contributed by atoms with van der Waals surface area (Å²) in [6, 6.07) is 8.15. The minimum Gasteiger partial charge on any atom is -0.277 e. The number of anilines is 1. The van der Waals surface area contributed by atoms with Crippen LogP contribution in [-0.4, -0.2) is 8.42 Å². The average Bonchev–Trinajstić information content (AvgIpc) is 2.33. The quantitative estimate of drug-likeness (QED) is 0.814. The first-order valence-electron chi connectivity index (χ1n) is 5.23. The van der Waals surface area contributed by atoms with E-state index in [1.807, 2.05) is 0 Å². The molecule has 0 radical (unpaired) electrons. The van der Waals surface area contributed by atoms with Crippen molar-refractivity contribution in [3.63, 3.8) is 0 Å². The molecule has 0 fully saturated rings. The third-order valence-corrected chi connectivity index (χ3v) is 4.89. The van der Waals surface area contributed by atoms with Gasteiger partial charge in [0.2, 0.25) is 0 Å². The summed E-state index contributed by atoms with van der Waals surface area (Å²) in [6.07, 6.45) is 0. The summed E-state index contributed by atoms with van der Waals surface area (Å²) in [5.74, 6) is -0.880. The largest absolute Gasteiger partial charge is 0.277 e. The third-order valence-electron chi connectivity index (χ3n) is 2.38. The van der Waals surface area contributed by atoms with Gasteiger partial charge in [0.1, 0.15) is 10.7 Å². The molecule has 106 valence electrons. The molecule has 0 spiro atoms. The first-order chi connectivity index (χ1) is 9.31. The molecule has 3 nitrogen and oxygen atoms in total. The first-order valence-corrected chi connectivity index (χ1v) is 8.26. The van der Waals surface area contributed by atoms with Crippen LogP contribution in [-0.2, 0) is 10.0 Å². The molecule has 0 aliphatic rings.